The SMILES string of the molecule is CC(C)C[C@H](NC(=O)[C@@H](NC(=O)[C@H](N)CNC(=O)c1nn[nH]n1)C(C)C)C(=O)NCCC(=O)Nc1cccc(C(=O)O)c1. The fraction of sp³-hybridized carbons (Fsp3) is 0.500. The maximum atomic E-state index is 13.2. The number of carboxylic acids is 1. The summed E-state index contributed by atoms with van der Waals surface area (Å²) in [5.74, 6) is -4.68. The first kappa shape index (κ1) is 34.3. The van der Waals surface area contributed by atoms with Crippen LogP contribution in [0.5, 0.6) is 0 Å². The van der Waals surface area contributed by atoms with E-state index in [9.17, 15) is 28.8 Å². The zero-order valence-corrected chi connectivity index (χ0v) is 24.3. The Morgan fingerprint density at radius 3 is 2.30 bits per heavy atom. The van der Waals surface area contributed by atoms with Gasteiger partial charge in [0, 0.05) is 25.2 Å². The van der Waals surface area contributed by atoms with Gasteiger partial charge < -0.3 is 37.4 Å². The quantitative estimate of drug-likeness (QED) is 0.113. The molecule has 0 spiro atoms. The Morgan fingerprint density at radius 2 is 1.70 bits per heavy atom. The molecule has 5 amide bonds. The third kappa shape index (κ3) is 11.5. The molecule has 0 aliphatic carbocycles. The van der Waals surface area contributed by atoms with Crippen LogP contribution >= 0.6 is 0 Å². The van der Waals surface area contributed by atoms with Crippen LogP contribution in [0, 0.1) is 11.8 Å². The van der Waals surface area contributed by atoms with Crippen molar-refractivity contribution in [1.82, 2.24) is 41.9 Å². The highest BCUT2D eigenvalue weighted by Gasteiger charge is 2.30. The Kier molecular flexibility index (Phi) is 13.1. The van der Waals surface area contributed by atoms with Gasteiger partial charge >= 0.3 is 5.97 Å². The number of aromatic nitrogens is 4. The molecule has 2 aromatic rings. The number of tetrazole rings is 1. The Balaban J connectivity index is 1.92. The van der Waals surface area contributed by atoms with Crippen LogP contribution in [0.3, 0.4) is 0 Å². The van der Waals surface area contributed by atoms with E-state index in [0.29, 0.717) is 5.69 Å². The summed E-state index contributed by atoms with van der Waals surface area (Å²) < 4.78 is 0. The summed E-state index contributed by atoms with van der Waals surface area (Å²) in [6, 6.07) is 2.56. The van der Waals surface area contributed by atoms with E-state index in [0.717, 1.165) is 0 Å². The molecule has 17 heteroatoms. The fourth-order valence-electron chi connectivity index (χ4n) is 3.77. The van der Waals surface area contributed by atoms with E-state index in [1.54, 1.807) is 19.9 Å². The average Bonchev–Trinajstić information content (AvgIpc) is 3.48. The molecule has 9 N–H and O–H groups in total. The molecule has 0 bridgehead atoms. The van der Waals surface area contributed by atoms with Crippen LogP contribution in [0.4, 0.5) is 5.69 Å². The maximum absolute atomic E-state index is 13.2. The average molecular weight is 603 g/mol. The molecule has 0 fully saturated rings. The molecule has 2 rings (SSSR count). The highest BCUT2D eigenvalue weighted by Crippen LogP contribution is 2.11. The van der Waals surface area contributed by atoms with Crippen molar-refractivity contribution in [2.45, 2.75) is 58.7 Å². The lowest BCUT2D eigenvalue weighted by Crippen LogP contribution is -2.58. The molecule has 3 atom stereocenters. The number of nitrogens with one attached hydrogen (secondary N) is 6. The maximum Gasteiger partial charge on any atom is 0.335 e. The predicted molar refractivity (Wildman–Crippen MR) is 152 cm³/mol. The minimum Gasteiger partial charge on any atom is -0.478 e. The number of aromatic amines is 1. The highest BCUT2D eigenvalue weighted by atomic mass is 16.4. The van der Waals surface area contributed by atoms with Crippen molar-refractivity contribution in [2.24, 2.45) is 17.6 Å². The van der Waals surface area contributed by atoms with E-state index >= 15 is 0 Å². The molecular formula is C26H38N10O7. The minimum atomic E-state index is -1.20. The topological polar surface area (TPSA) is 263 Å². The molecule has 0 aliphatic rings. The number of nitrogens with zero attached hydrogens (tertiary/aromatic N) is 3. The zero-order chi connectivity index (χ0) is 32.1. The molecule has 1 aromatic carbocycles. The van der Waals surface area contributed by atoms with Crippen LogP contribution in [-0.4, -0.2) is 92.5 Å². The van der Waals surface area contributed by atoms with E-state index in [1.807, 2.05) is 13.8 Å². The van der Waals surface area contributed by atoms with Crippen molar-refractivity contribution in [1.29, 1.82) is 0 Å². The molecular weight excluding hydrogens is 564 g/mol. The van der Waals surface area contributed by atoms with E-state index in [-0.39, 0.29) is 49.2 Å². The fourth-order valence-corrected chi connectivity index (χ4v) is 3.77. The largest absolute Gasteiger partial charge is 0.478 e. The summed E-state index contributed by atoms with van der Waals surface area (Å²) in [4.78, 5) is 74.2. The number of amides is 5. The molecule has 43 heavy (non-hydrogen) atoms. The minimum absolute atomic E-state index is 0.0171. The summed E-state index contributed by atoms with van der Waals surface area (Å²) in [6.45, 7) is 6.85. The Labute approximate surface area is 247 Å². The van der Waals surface area contributed by atoms with Gasteiger partial charge in [0.05, 0.1) is 5.56 Å². The number of hydrogen-bond acceptors (Lipinski definition) is 10. The van der Waals surface area contributed by atoms with Crippen molar-refractivity contribution >= 4 is 41.2 Å². The number of nitrogens with two attached hydrogens (primary N) is 1. The third-order valence-electron chi connectivity index (χ3n) is 6.00. The number of H-pyrrole nitrogens is 1. The molecule has 0 saturated heterocycles. The molecule has 0 aliphatic heterocycles. The van der Waals surface area contributed by atoms with E-state index in [1.165, 1.54) is 18.2 Å². The second-order valence-electron chi connectivity index (χ2n) is 10.4. The molecule has 17 nitrogen and oxygen atoms in total. The zero-order valence-electron chi connectivity index (χ0n) is 24.3. The van der Waals surface area contributed by atoms with Gasteiger partial charge in [-0.3, -0.25) is 24.0 Å². The van der Waals surface area contributed by atoms with Crippen LogP contribution in [0.15, 0.2) is 24.3 Å². The van der Waals surface area contributed by atoms with Gasteiger partial charge in [0.15, 0.2) is 0 Å². The van der Waals surface area contributed by atoms with Crippen LogP contribution in [0.1, 0.15) is 61.5 Å². The van der Waals surface area contributed by atoms with Crippen molar-refractivity contribution in [2.75, 3.05) is 18.4 Å². The van der Waals surface area contributed by atoms with Gasteiger partial charge in [-0.15, -0.1) is 10.2 Å². The smallest absolute Gasteiger partial charge is 0.335 e. The number of rotatable bonds is 16. The number of carbonyl (C=O) groups is 6. The summed E-state index contributed by atoms with van der Waals surface area (Å²) in [5, 5.41) is 34.4. The van der Waals surface area contributed by atoms with Crippen molar-refractivity contribution < 1.29 is 33.9 Å². The second kappa shape index (κ2) is 16.5. The summed E-state index contributed by atoms with van der Waals surface area (Å²) in [7, 11) is 0. The normalized spacial score (nSPS) is 13.0. The first-order chi connectivity index (χ1) is 20.3. The number of benzene rings is 1. The number of aromatic carboxylic acids is 1. The lowest BCUT2D eigenvalue weighted by atomic mass is 9.99. The van der Waals surface area contributed by atoms with E-state index < -0.39 is 53.6 Å². The number of anilines is 1. The molecule has 0 unspecified atom stereocenters. The second-order valence-corrected chi connectivity index (χ2v) is 10.4. The van der Waals surface area contributed by atoms with Gasteiger partial charge in [0.2, 0.25) is 23.6 Å². The van der Waals surface area contributed by atoms with Crippen LogP contribution in [-0.2, 0) is 19.2 Å². The van der Waals surface area contributed by atoms with Crippen LogP contribution in [0.25, 0.3) is 0 Å². The molecule has 1 heterocycles. The number of hydrogen-bond donors (Lipinski definition) is 8. The first-order valence-electron chi connectivity index (χ1n) is 13.6. The summed E-state index contributed by atoms with van der Waals surface area (Å²) in [5.41, 5.74) is 6.21. The van der Waals surface area contributed by atoms with Crippen LogP contribution in [0.2, 0.25) is 0 Å². The van der Waals surface area contributed by atoms with Crippen molar-refractivity contribution in [3.63, 3.8) is 0 Å². The standard InChI is InChI=1S/C26H38N10O7/c1-13(2)10-18(23(39)28-9-8-19(37)30-16-7-5-6-15(11-16)26(42)43)31-24(40)20(14(3)4)32-22(38)17(27)12-29-25(41)21-33-35-36-34-21/h5-7,11,13-14,17-18,20H,8-10,12,27H2,1-4H3,(H,28,39)(H,29,41)(H,30,37)(H,31,40)(H,32,38)(H,42,43)(H,33,34,35,36)/t17-,18+,20+/m1/s1. The van der Waals surface area contributed by atoms with Crippen molar-refractivity contribution in [3.8, 4) is 0 Å². The van der Waals surface area contributed by atoms with Gasteiger partial charge in [-0.25, -0.2) is 4.79 Å². The Morgan fingerprint density at radius 1 is 0.977 bits per heavy atom. The predicted octanol–water partition coefficient (Wildman–Crippen LogP) is -1.23. The first-order valence-corrected chi connectivity index (χ1v) is 13.6. The lowest BCUT2D eigenvalue weighted by Gasteiger charge is -2.27. The number of carbonyl (C=O) groups excluding carboxylic acids is 5. The van der Waals surface area contributed by atoms with Gasteiger partial charge in [0.1, 0.15) is 18.1 Å². The summed E-state index contributed by atoms with van der Waals surface area (Å²) >= 11 is 0. The summed E-state index contributed by atoms with van der Waals surface area (Å²) in [6.07, 6.45) is 0.184. The molecule has 1 aromatic heterocycles. The molecule has 0 saturated carbocycles. The van der Waals surface area contributed by atoms with Gasteiger partial charge in [-0.2, -0.15) is 5.21 Å². The third-order valence-corrected chi connectivity index (χ3v) is 6.00. The van der Waals surface area contributed by atoms with Crippen molar-refractivity contribution in [3.05, 3.63) is 35.7 Å². The number of carboxylic acid groups (broad SMARTS) is 1. The van der Waals surface area contributed by atoms with E-state index in [4.69, 9.17) is 10.8 Å². The van der Waals surface area contributed by atoms with E-state index in [2.05, 4.69) is 47.2 Å². The monoisotopic (exact) mass is 602 g/mol. The highest BCUT2D eigenvalue weighted by molar-refractivity contribution is 5.95. The van der Waals surface area contributed by atoms with Gasteiger partial charge in [-0.05, 0) is 41.7 Å². The molecule has 234 valence electrons. The Hall–Kier alpha value is -4.93. The Bertz CT molecular complexity index is 1280. The lowest BCUT2D eigenvalue weighted by molar-refractivity contribution is -0.133. The van der Waals surface area contributed by atoms with Gasteiger partial charge in [0.25, 0.3) is 11.7 Å². The van der Waals surface area contributed by atoms with Gasteiger partial charge in [-0.1, -0.05) is 33.8 Å². The molecule has 0 radical (unpaired) electrons. The van der Waals surface area contributed by atoms with Crippen LogP contribution < -0.4 is 32.3 Å².